The molecule has 0 aromatic carbocycles. The summed E-state index contributed by atoms with van der Waals surface area (Å²) in [6.07, 6.45) is -5.02. The first-order chi connectivity index (χ1) is 11.5. The molecule has 2 rings (SSSR count). The van der Waals surface area contributed by atoms with E-state index in [0.29, 0.717) is 5.56 Å². The van der Waals surface area contributed by atoms with Crippen LogP contribution < -0.4 is 0 Å². The number of hydrogen-bond acceptors (Lipinski definition) is 4. The fourth-order valence-corrected chi connectivity index (χ4v) is 3.95. The number of ketones is 1. The number of Topliss-reactive ketones (excluding diaryl/α,β-unsaturated/α-hetero) is 1. The van der Waals surface area contributed by atoms with Crippen LogP contribution in [-0.4, -0.2) is 46.9 Å². The molecule has 0 aliphatic carbocycles. The van der Waals surface area contributed by atoms with Gasteiger partial charge in [-0.2, -0.15) is 13.2 Å². The first kappa shape index (κ1) is 19.4. The Hall–Kier alpha value is -1.90. The lowest BCUT2D eigenvalue weighted by Gasteiger charge is -2.18. The van der Waals surface area contributed by atoms with E-state index in [2.05, 4.69) is 0 Å². The molecule has 0 radical (unpaired) electrons. The Morgan fingerprint density at radius 3 is 2.32 bits per heavy atom. The van der Waals surface area contributed by atoms with Crippen molar-refractivity contribution in [3.63, 3.8) is 0 Å². The molecule has 0 unspecified atom stereocenters. The largest absolute Gasteiger partial charge is 0.481 e. The highest BCUT2D eigenvalue weighted by molar-refractivity contribution is 7.12. The number of nitrogens with zero attached hydrogens (tertiary/aromatic N) is 1. The van der Waals surface area contributed by atoms with Gasteiger partial charge in [-0.25, -0.2) is 0 Å². The Kier molecular flexibility index (Phi) is 5.55. The van der Waals surface area contributed by atoms with Gasteiger partial charge in [0.2, 0.25) is 5.91 Å². The Bertz CT molecular complexity index is 698. The number of carbonyl (C=O) groups excluding carboxylic acids is 2. The van der Waals surface area contributed by atoms with Crippen LogP contribution in [0.5, 0.6) is 0 Å². The highest BCUT2D eigenvalue weighted by Gasteiger charge is 2.53. The second kappa shape index (κ2) is 7.15. The zero-order chi connectivity index (χ0) is 18.9. The Balaban J connectivity index is 1.98. The van der Waals surface area contributed by atoms with Crippen LogP contribution in [-0.2, 0) is 9.59 Å². The number of thiophene rings is 1. The van der Waals surface area contributed by atoms with Crippen LogP contribution in [0.15, 0.2) is 6.07 Å². The number of aliphatic carboxylic acids is 1. The summed E-state index contributed by atoms with van der Waals surface area (Å²) in [6.45, 7) is 2.49. The van der Waals surface area contributed by atoms with Gasteiger partial charge < -0.3 is 10.0 Å². The Labute approximate surface area is 146 Å². The Morgan fingerprint density at radius 2 is 1.88 bits per heavy atom. The maximum absolute atomic E-state index is 12.9. The normalized spacial score (nSPS) is 20.8. The summed E-state index contributed by atoms with van der Waals surface area (Å²) >= 11 is 1.46. The van der Waals surface area contributed by atoms with Gasteiger partial charge in [-0.1, -0.05) is 0 Å². The second-order valence-corrected chi connectivity index (χ2v) is 7.60. The zero-order valence-electron chi connectivity index (χ0n) is 13.7. The van der Waals surface area contributed by atoms with Crippen molar-refractivity contribution in [1.82, 2.24) is 4.90 Å². The van der Waals surface area contributed by atoms with Crippen molar-refractivity contribution in [2.75, 3.05) is 13.1 Å². The van der Waals surface area contributed by atoms with Crippen molar-refractivity contribution >= 4 is 29.0 Å². The van der Waals surface area contributed by atoms with Crippen LogP contribution in [0.4, 0.5) is 13.2 Å². The molecule has 5 nitrogen and oxygen atoms in total. The quantitative estimate of drug-likeness (QED) is 0.801. The summed E-state index contributed by atoms with van der Waals surface area (Å²) in [5.74, 6) is -6.18. The van der Waals surface area contributed by atoms with E-state index in [0.717, 1.165) is 14.7 Å². The van der Waals surface area contributed by atoms with Gasteiger partial charge in [0.05, 0.1) is 11.8 Å². The van der Waals surface area contributed by atoms with Crippen LogP contribution in [0.2, 0.25) is 0 Å². The molecule has 1 aromatic heterocycles. The van der Waals surface area contributed by atoms with Gasteiger partial charge in [0.25, 0.3) is 0 Å². The van der Waals surface area contributed by atoms with Crippen LogP contribution in [0, 0.1) is 25.7 Å². The van der Waals surface area contributed by atoms with Crippen LogP contribution in [0.25, 0.3) is 0 Å². The third-order valence-corrected chi connectivity index (χ3v) is 5.28. The van der Waals surface area contributed by atoms with E-state index in [-0.39, 0.29) is 18.6 Å². The lowest BCUT2D eigenvalue weighted by molar-refractivity contribution is -0.188. The van der Waals surface area contributed by atoms with Crippen LogP contribution >= 0.6 is 11.3 Å². The standard InChI is InChI=1S/C16H18F3NO4S/c1-8-5-10(9(2)25-8)13(21)3-4-14(22)20-6-11(15(23)24)12(7-20)16(17,18)19/h5,11-12H,3-4,6-7H2,1-2H3,(H,23,24)/t11-,12-/m1/s1. The molecule has 25 heavy (non-hydrogen) atoms. The lowest BCUT2D eigenvalue weighted by atomic mass is 9.96. The summed E-state index contributed by atoms with van der Waals surface area (Å²) in [7, 11) is 0. The third-order valence-electron chi connectivity index (χ3n) is 4.32. The highest BCUT2D eigenvalue weighted by atomic mass is 32.1. The van der Waals surface area contributed by atoms with Crippen molar-refractivity contribution in [3.8, 4) is 0 Å². The predicted molar refractivity (Wildman–Crippen MR) is 84.6 cm³/mol. The molecule has 1 N–H and O–H groups in total. The van der Waals surface area contributed by atoms with Gasteiger partial charge in [0, 0.05) is 41.2 Å². The van der Waals surface area contributed by atoms with Crippen molar-refractivity contribution in [3.05, 3.63) is 21.4 Å². The molecular formula is C16H18F3NO4S. The maximum Gasteiger partial charge on any atom is 0.394 e. The summed E-state index contributed by atoms with van der Waals surface area (Å²) in [4.78, 5) is 38.0. The number of carboxylic acid groups (broad SMARTS) is 1. The maximum atomic E-state index is 12.9. The van der Waals surface area contributed by atoms with Gasteiger partial charge >= 0.3 is 12.1 Å². The minimum absolute atomic E-state index is 0.110. The van der Waals surface area contributed by atoms with E-state index >= 15 is 0 Å². The lowest BCUT2D eigenvalue weighted by Crippen LogP contribution is -2.34. The number of rotatable bonds is 5. The van der Waals surface area contributed by atoms with E-state index in [4.69, 9.17) is 5.11 Å². The number of alkyl halides is 3. The summed E-state index contributed by atoms with van der Waals surface area (Å²) in [5.41, 5.74) is 0.522. The molecule has 1 aromatic rings. The molecule has 0 bridgehead atoms. The van der Waals surface area contributed by atoms with Gasteiger partial charge in [-0.15, -0.1) is 11.3 Å². The fourth-order valence-electron chi connectivity index (χ4n) is 3.01. The number of aryl methyl sites for hydroxylation is 2. The number of amides is 1. The minimum atomic E-state index is -4.68. The van der Waals surface area contributed by atoms with E-state index < -0.39 is 43.0 Å². The van der Waals surface area contributed by atoms with Gasteiger partial charge in [-0.05, 0) is 19.9 Å². The molecule has 1 aliphatic rings. The third kappa shape index (κ3) is 4.39. The monoisotopic (exact) mass is 377 g/mol. The average molecular weight is 377 g/mol. The SMILES string of the molecule is Cc1cc(C(=O)CCC(=O)N2C[C@@H](C(F)(F)F)[C@H](C(=O)O)C2)c(C)s1. The highest BCUT2D eigenvalue weighted by Crippen LogP contribution is 2.38. The molecule has 9 heteroatoms. The number of halogens is 3. The number of hydrogen-bond donors (Lipinski definition) is 1. The zero-order valence-corrected chi connectivity index (χ0v) is 14.5. The van der Waals surface area contributed by atoms with Gasteiger partial charge in [0.1, 0.15) is 0 Å². The second-order valence-electron chi connectivity index (χ2n) is 6.14. The van der Waals surface area contributed by atoms with Crippen molar-refractivity contribution in [1.29, 1.82) is 0 Å². The van der Waals surface area contributed by atoms with E-state index in [1.165, 1.54) is 11.3 Å². The van der Waals surface area contributed by atoms with Crippen molar-refractivity contribution in [2.24, 2.45) is 11.8 Å². The molecule has 2 atom stereocenters. The van der Waals surface area contributed by atoms with E-state index in [9.17, 15) is 27.6 Å². The number of likely N-dealkylation sites (tertiary alicyclic amines) is 1. The van der Waals surface area contributed by atoms with E-state index in [1.807, 2.05) is 6.92 Å². The predicted octanol–water partition coefficient (Wildman–Crippen LogP) is 3.05. The number of carbonyl (C=O) groups is 3. The molecule has 1 fully saturated rings. The summed E-state index contributed by atoms with van der Waals surface area (Å²) in [5, 5.41) is 8.96. The van der Waals surface area contributed by atoms with Gasteiger partial charge in [-0.3, -0.25) is 14.4 Å². The summed E-state index contributed by atoms with van der Waals surface area (Å²) < 4.78 is 38.8. The molecule has 0 saturated carbocycles. The first-order valence-electron chi connectivity index (χ1n) is 7.68. The average Bonchev–Trinajstić information content (AvgIpc) is 3.07. The number of carboxylic acids is 1. The molecule has 0 spiro atoms. The van der Waals surface area contributed by atoms with Crippen molar-refractivity contribution in [2.45, 2.75) is 32.9 Å². The molecule has 138 valence electrons. The minimum Gasteiger partial charge on any atom is -0.481 e. The van der Waals surface area contributed by atoms with Crippen LogP contribution in [0.3, 0.4) is 0 Å². The molecule has 1 saturated heterocycles. The molecular weight excluding hydrogens is 359 g/mol. The van der Waals surface area contributed by atoms with Crippen LogP contribution in [0.1, 0.15) is 33.0 Å². The van der Waals surface area contributed by atoms with Gasteiger partial charge in [0.15, 0.2) is 5.78 Å². The molecule has 1 amide bonds. The van der Waals surface area contributed by atoms with E-state index in [1.54, 1.807) is 13.0 Å². The fraction of sp³-hybridized carbons (Fsp3) is 0.562. The molecule has 2 heterocycles. The Morgan fingerprint density at radius 1 is 1.24 bits per heavy atom. The smallest absolute Gasteiger partial charge is 0.394 e. The molecule has 1 aliphatic heterocycles. The topological polar surface area (TPSA) is 74.7 Å². The summed E-state index contributed by atoms with van der Waals surface area (Å²) in [6, 6.07) is 1.73. The van der Waals surface area contributed by atoms with Crippen molar-refractivity contribution < 1.29 is 32.7 Å². The first-order valence-corrected chi connectivity index (χ1v) is 8.50.